The van der Waals surface area contributed by atoms with Gasteiger partial charge in [0.25, 0.3) is 0 Å². The maximum Gasteiger partial charge on any atom is 0.573 e. The van der Waals surface area contributed by atoms with Crippen LogP contribution in [0, 0.1) is 0 Å². The highest BCUT2D eigenvalue weighted by molar-refractivity contribution is 7.89. The van der Waals surface area contributed by atoms with Crippen molar-refractivity contribution in [3.63, 3.8) is 0 Å². The van der Waals surface area contributed by atoms with E-state index in [9.17, 15) is 21.6 Å². The molecule has 0 atom stereocenters. The molecular weight excluding hydrogens is 447 g/mol. The lowest BCUT2D eigenvalue weighted by Gasteiger charge is -2.10. The molecule has 3 N–H and O–H groups in total. The summed E-state index contributed by atoms with van der Waals surface area (Å²) >= 11 is 0. The van der Waals surface area contributed by atoms with E-state index in [-0.39, 0.29) is 17.3 Å². The van der Waals surface area contributed by atoms with Gasteiger partial charge in [0.15, 0.2) is 0 Å². The third-order valence-corrected chi connectivity index (χ3v) is 5.42. The minimum Gasteiger partial charge on any atom is -0.486 e. The Kier molecular flexibility index (Phi) is 5.53. The lowest BCUT2D eigenvalue weighted by atomic mass is 10.1. The Balaban J connectivity index is 1.56. The largest absolute Gasteiger partial charge is 0.573 e. The number of hydrogen-bond acceptors (Lipinski definition) is 5. The molecule has 1 aromatic heterocycles. The fraction of sp³-hybridized carbons (Fsp3) is 0.0952. The number of halogens is 3. The normalized spacial score (nSPS) is 12.1. The van der Waals surface area contributed by atoms with Crippen molar-refractivity contribution < 1.29 is 31.1 Å². The van der Waals surface area contributed by atoms with Crippen molar-refractivity contribution in [1.29, 1.82) is 0 Å². The van der Waals surface area contributed by atoms with Gasteiger partial charge in [-0.05, 0) is 35.9 Å². The number of hydrogen-bond donors (Lipinski definition) is 2. The van der Waals surface area contributed by atoms with Crippen LogP contribution < -0.4 is 14.6 Å². The van der Waals surface area contributed by atoms with Crippen LogP contribution in [-0.4, -0.2) is 24.7 Å². The van der Waals surface area contributed by atoms with Crippen molar-refractivity contribution in [2.45, 2.75) is 17.9 Å². The molecule has 0 amide bonds. The third kappa shape index (κ3) is 5.01. The lowest BCUT2D eigenvalue weighted by Crippen LogP contribution is -2.17. The maximum atomic E-state index is 12.4. The van der Waals surface area contributed by atoms with Crippen LogP contribution in [0.4, 0.5) is 13.2 Å². The Bertz CT molecular complexity index is 1380. The first-order chi connectivity index (χ1) is 15.1. The summed E-state index contributed by atoms with van der Waals surface area (Å²) in [4.78, 5) is 7.47. The number of fused-ring (bicyclic) bond motifs is 1. The van der Waals surface area contributed by atoms with Gasteiger partial charge in [-0.25, -0.2) is 18.5 Å². The van der Waals surface area contributed by atoms with Crippen molar-refractivity contribution in [2.75, 3.05) is 0 Å². The molecule has 11 heteroatoms. The van der Waals surface area contributed by atoms with E-state index >= 15 is 0 Å². The number of benzene rings is 3. The Hall–Kier alpha value is -3.57. The van der Waals surface area contributed by atoms with E-state index in [0.29, 0.717) is 28.0 Å². The van der Waals surface area contributed by atoms with E-state index in [4.69, 9.17) is 9.88 Å². The van der Waals surface area contributed by atoms with Gasteiger partial charge in [-0.15, -0.1) is 13.2 Å². The van der Waals surface area contributed by atoms with Gasteiger partial charge in [-0.3, -0.25) is 0 Å². The minimum absolute atomic E-state index is 0.000556. The number of nitrogens with zero attached hydrogens (tertiary/aromatic N) is 1. The molecule has 7 nitrogen and oxygen atoms in total. The van der Waals surface area contributed by atoms with Crippen molar-refractivity contribution in [3.05, 3.63) is 72.6 Å². The second-order valence-corrected chi connectivity index (χ2v) is 8.30. The molecule has 0 saturated carbocycles. The number of ether oxygens (including phenoxy) is 2. The van der Waals surface area contributed by atoms with Gasteiger partial charge in [0.2, 0.25) is 10.0 Å². The second kappa shape index (κ2) is 8.17. The van der Waals surface area contributed by atoms with Crippen LogP contribution in [0.1, 0.15) is 5.82 Å². The molecule has 0 fully saturated rings. The van der Waals surface area contributed by atoms with Crippen LogP contribution in [0.5, 0.6) is 11.5 Å². The van der Waals surface area contributed by atoms with Crippen LogP contribution in [-0.2, 0) is 16.6 Å². The number of nitrogens with two attached hydrogens (primary N) is 1. The number of nitrogens with one attached hydrogen (secondary N) is 1. The number of aromatic amines is 1. The first-order valence-corrected chi connectivity index (χ1v) is 10.7. The molecule has 0 bridgehead atoms. The third-order valence-electron chi connectivity index (χ3n) is 4.45. The average molecular weight is 463 g/mol. The maximum absolute atomic E-state index is 12.4. The molecule has 0 radical (unpaired) electrons. The van der Waals surface area contributed by atoms with E-state index in [2.05, 4.69) is 14.7 Å². The zero-order valence-corrected chi connectivity index (χ0v) is 17.1. The average Bonchev–Trinajstić information content (AvgIpc) is 3.13. The number of sulfonamides is 1. The molecule has 166 valence electrons. The van der Waals surface area contributed by atoms with Crippen molar-refractivity contribution in [3.8, 4) is 22.6 Å². The van der Waals surface area contributed by atoms with E-state index in [0.717, 1.165) is 6.07 Å². The van der Waals surface area contributed by atoms with Gasteiger partial charge in [-0.2, -0.15) is 0 Å². The summed E-state index contributed by atoms with van der Waals surface area (Å²) < 4.78 is 70.3. The predicted octanol–water partition coefficient (Wildman–Crippen LogP) is 4.35. The number of primary sulfonamides is 1. The highest BCUT2D eigenvalue weighted by atomic mass is 32.2. The Morgan fingerprint density at radius 2 is 1.72 bits per heavy atom. The predicted molar refractivity (Wildman–Crippen MR) is 110 cm³/mol. The van der Waals surface area contributed by atoms with Gasteiger partial charge in [0, 0.05) is 11.6 Å². The van der Waals surface area contributed by atoms with Gasteiger partial charge in [0.1, 0.15) is 23.9 Å². The minimum atomic E-state index is -4.79. The summed E-state index contributed by atoms with van der Waals surface area (Å²) in [7, 11) is -3.91. The molecule has 0 saturated heterocycles. The van der Waals surface area contributed by atoms with Gasteiger partial charge in [-0.1, -0.05) is 30.3 Å². The molecule has 32 heavy (non-hydrogen) atoms. The van der Waals surface area contributed by atoms with Crippen LogP contribution in [0.25, 0.3) is 22.2 Å². The summed E-state index contributed by atoms with van der Waals surface area (Å²) in [6, 6.07) is 16.7. The van der Waals surface area contributed by atoms with Gasteiger partial charge in [0.05, 0.1) is 15.9 Å². The van der Waals surface area contributed by atoms with Gasteiger partial charge < -0.3 is 14.5 Å². The molecule has 3 aromatic carbocycles. The van der Waals surface area contributed by atoms with Crippen molar-refractivity contribution in [2.24, 2.45) is 5.14 Å². The van der Waals surface area contributed by atoms with Crippen LogP contribution in [0.15, 0.2) is 71.6 Å². The van der Waals surface area contributed by atoms with E-state index in [1.807, 2.05) is 0 Å². The number of aromatic nitrogens is 2. The Morgan fingerprint density at radius 3 is 2.47 bits per heavy atom. The standard InChI is InChI=1S/C21H16F3N3O4S/c22-21(23,24)31-15-5-3-4-14(11-15)30-12-20-26-17-9-8-13(10-18(17)27-20)16-6-1-2-7-19(16)32(25,28)29/h1-11H,12H2,(H,26,27)(H2,25,28,29). The van der Waals surface area contributed by atoms with Crippen LogP contribution in [0.3, 0.4) is 0 Å². The fourth-order valence-electron chi connectivity index (χ4n) is 3.16. The molecule has 4 aromatic rings. The zero-order chi connectivity index (χ0) is 22.9. The number of rotatable bonds is 6. The quantitative estimate of drug-likeness (QED) is 0.442. The summed E-state index contributed by atoms with van der Waals surface area (Å²) in [6.45, 7) is -0.0345. The summed E-state index contributed by atoms with van der Waals surface area (Å²) in [5.74, 6) is 0.215. The van der Waals surface area contributed by atoms with E-state index < -0.39 is 22.1 Å². The van der Waals surface area contributed by atoms with Crippen LogP contribution in [0.2, 0.25) is 0 Å². The topological polar surface area (TPSA) is 107 Å². The van der Waals surface area contributed by atoms with Crippen molar-refractivity contribution in [1.82, 2.24) is 9.97 Å². The van der Waals surface area contributed by atoms with Crippen LogP contribution >= 0.6 is 0 Å². The Labute approximate surface area is 180 Å². The first kappa shape index (κ1) is 21.7. The smallest absolute Gasteiger partial charge is 0.486 e. The van der Waals surface area contributed by atoms with E-state index in [1.54, 1.807) is 36.4 Å². The SMILES string of the molecule is NS(=O)(=O)c1ccccc1-c1ccc2[nH]c(COc3cccc(OC(F)(F)F)c3)nc2c1. The summed E-state index contributed by atoms with van der Waals surface area (Å²) in [5, 5.41) is 5.31. The molecular formula is C21H16F3N3O4S. The molecule has 0 spiro atoms. The monoisotopic (exact) mass is 463 g/mol. The highest BCUT2D eigenvalue weighted by Crippen LogP contribution is 2.29. The number of H-pyrrole nitrogens is 1. The Morgan fingerprint density at radius 1 is 0.969 bits per heavy atom. The molecule has 0 aliphatic carbocycles. The first-order valence-electron chi connectivity index (χ1n) is 9.18. The van der Waals surface area contributed by atoms with E-state index in [1.165, 1.54) is 24.3 Å². The molecule has 4 rings (SSSR count). The molecule has 0 aliphatic heterocycles. The molecule has 0 unspecified atom stereocenters. The molecule has 0 aliphatic rings. The highest BCUT2D eigenvalue weighted by Gasteiger charge is 2.31. The summed E-state index contributed by atoms with van der Waals surface area (Å²) in [5.41, 5.74) is 2.28. The van der Waals surface area contributed by atoms with Crippen molar-refractivity contribution >= 4 is 21.1 Å². The van der Waals surface area contributed by atoms with Gasteiger partial charge >= 0.3 is 6.36 Å². The molecule has 1 heterocycles. The second-order valence-electron chi connectivity index (χ2n) is 6.77. The lowest BCUT2D eigenvalue weighted by molar-refractivity contribution is -0.274. The number of imidazole rings is 1. The zero-order valence-electron chi connectivity index (χ0n) is 16.3. The number of alkyl halides is 3. The summed E-state index contributed by atoms with van der Waals surface area (Å²) in [6.07, 6.45) is -4.79. The fourth-order valence-corrected chi connectivity index (χ4v) is 3.92.